The molecule has 1 unspecified atom stereocenters. The van der Waals surface area contributed by atoms with Gasteiger partial charge in [0.15, 0.2) is 15.5 Å². The van der Waals surface area contributed by atoms with Gasteiger partial charge in [0, 0.05) is 38.6 Å². The van der Waals surface area contributed by atoms with Crippen LogP contribution in [0.25, 0.3) is 0 Å². The summed E-state index contributed by atoms with van der Waals surface area (Å²) >= 11 is 12.5. The van der Waals surface area contributed by atoms with Gasteiger partial charge in [0.1, 0.15) is 5.82 Å². The third-order valence-electron chi connectivity index (χ3n) is 6.88. The smallest absolute Gasteiger partial charge is 0.315 e. The summed E-state index contributed by atoms with van der Waals surface area (Å²) in [6.07, 6.45) is 3.76. The number of halogens is 2. The molecule has 2 aliphatic rings. The van der Waals surface area contributed by atoms with Crippen LogP contribution in [0.4, 0.5) is 0 Å². The Bertz CT molecular complexity index is 1610. The molecule has 5 rings (SSSR count). The van der Waals surface area contributed by atoms with Crippen molar-refractivity contribution < 1.29 is 23.1 Å². The maximum Gasteiger partial charge on any atom is 0.315 e. The average molecular weight is 592 g/mol. The number of fused-ring (bicyclic) bond motifs is 1. The maximum absolute atomic E-state index is 13.5. The maximum atomic E-state index is 13.5. The van der Waals surface area contributed by atoms with Gasteiger partial charge in [0.25, 0.3) is 11.8 Å². The molecule has 0 aliphatic carbocycles. The first-order valence-electron chi connectivity index (χ1n) is 12.1. The van der Waals surface area contributed by atoms with Gasteiger partial charge in [0.05, 0.1) is 32.3 Å². The van der Waals surface area contributed by atoms with E-state index in [2.05, 4.69) is 9.97 Å². The quantitative estimate of drug-likeness (QED) is 0.460. The number of hydrogen-bond donors (Lipinski definition) is 1. The Morgan fingerprint density at radius 3 is 2.51 bits per heavy atom. The van der Waals surface area contributed by atoms with E-state index in [1.807, 2.05) is 0 Å². The van der Waals surface area contributed by atoms with Gasteiger partial charge in [-0.2, -0.15) is 4.98 Å². The molecule has 2 aromatic heterocycles. The molecular formula is C25H23Cl2N5O6S. The standard InChI is InChI=1S/C25H23Cl2N5O6S/c26-16-5-1-6-17(27)19(16)24(35)31-9-3-7-18(31)22-29-23(34)21(33)20-25(36)30(10-11-32(20)22)12-13-39(37,38)15-4-2-8-28-14-15/h1-2,4-6,8,14,18,33H,3,7,9-13H2. The Morgan fingerprint density at radius 2 is 1.82 bits per heavy atom. The van der Waals surface area contributed by atoms with Crippen LogP contribution >= 0.6 is 23.2 Å². The first kappa shape index (κ1) is 27.1. The lowest BCUT2D eigenvalue weighted by Crippen LogP contribution is -2.46. The summed E-state index contributed by atoms with van der Waals surface area (Å²) in [5.41, 5.74) is -1.17. The van der Waals surface area contributed by atoms with Crippen molar-refractivity contribution in [3.8, 4) is 5.75 Å². The molecule has 14 heteroatoms. The number of carbonyl (C=O) groups excluding carboxylic acids is 2. The number of carbonyl (C=O) groups is 2. The second-order valence-electron chi connectivity index (χ2n) is 9.18. The Kier molecular flexibility index (Phi) is 7.36. The van der Waals surface area contributed by atoms with Crippen LogP contribution in [0.3, 0.4) is 0 Å². The number of aromatic hydroxyl groups is 1. The molecule has 0 saturated carbocycles. The number of benzene rings is 1. The third-order valence-corrected chi connectivity index (χ3v) is 9.19. The Morgan fingerprint density at radius 1 is 1.08 bits per heavy atom. The largest absolute Gasteiger partial charge is 0.501 e. The highest BCUT2D eigenvalue weighted by molar-refractivity contribution is 7.91. The summed E-state index contributed by atoms with van der Waals surface area (Å²) in [6, 6.07) is 6.99. The van der Waals surface area contributed by atoms with E-state index >= 15 is 0 Å². The molecule has 3 aromatic rings. The second-order valence-corrected chi connectivity index (χ2v) is 12.1. The van der Waals surface area contributed by atoms with Crippen molar-refractivity contribution >= 4 is 44.9 Å². The fourth-order valence-corrected chi connectivity index (χ4v) is 6.71. The van der Waals surface area contributed by atoms with Gasteiger partial charge in [-0.25, -0.2) is 8.42 Å². The first-order chi connectivity index (χ1) is 18.6. The highest BCUT2D eigenvalue weighted by Gasteiger charge is 2.39. The van der Waals surface area contributed by atoms with E-state index in [0.717, 1.165) is 0 Å². The van der Waals surface area contributed by atoms with Gasteiger partial charge in [-0.3, -0.25) is 19.4 Å². The lowest BCUT2D eigenvalue weighted by Gasteiger charge is -2.34. The lowest BCUT2D eigenvalue weighted by molar-refractivity contribution is 0.0689. The number of sulfone groups is 1. The van der Waals surface area contributed by atoms with Gasteiger partial charge in [-0.15, -0.1) is 0 Å². The molecule has 1 fully saturated rings. The van der Waals surface area contributed by atoms with Crippen molar-refractivity contribution in [1.29, 1.82) is 0 Å². The summed E-state index contributed by atoms with van der Waals surface area (Å²) in [7, 11) is -3.72. The average Bonchev–Trinajstić information content (AvgIpc) is 3.40. The molecule has 0 spiro atoms. The van der Waals surface area contributed by atoms with E-state index in [0.29, 0.717) is 19.4 Å². The van der Waals surface area contributed by atoms with Gasteiger partial charge >= 0.3 is 5.56 Å². The normalized spacial score (nSPS) is 17.4. The summed E-state index contributed by atoms with van der Waals surface area (Å²) < 4.78 is 26.8. The fourth-order valence-electron chi connectivity index (χ4n) is 4.95. The van der Waals surface area contributed by atoms with Crippen molar-refractivity contribution in [2.75, 3.05) is 25.4 Å². The number of pyridine rings is 1. The number of aromatic nitrogens is 3. The molecule has 0 bridgehead atoms. The number of likely N-dealkylation sites (tertiary alicyclic amines) is 1. The van der Waals surface area contributed by atoms with Crippen LogP contribution in [0.1, 0.15) is 45.6 Å². The van der Waals surface area contributed by atoms with Gasteiger partial charge in [-0.05, 0) is 37.1 Å². The minimum Gasteiger partial charge on any atom is -0.501 e. The molecule has 2 aliphatic heterocycles. The van der Waals surface area contributed by atoms with Crippen molar-refractivity contribution in [3.05, 3.63) is 80.2 Å². The molecule has 2 amide bonds. The van der Waals surface area contributed by atoms with Gasteiger partial charge in [0.2, 0.25) is 5.75 Å². The molecule has 1 saturated heterocycles. The number of rotatable bonds is 6. The lowest BCUT2D eigenvalue weighted by atomic mass is 10.1. The van der Waals surface area contributed by atoms with E-state index in [9.17, 15) is 27.9 Å². The molecule has 1 atom stereocenters. The SMILES string of the molecule is O=C1c2c(O)c(=O)nc(C3CCCN3C(=O)c3c(Cl)cccc3Cl)n2CCN1CCS(=O)(=O)c1cccnc1. The molecule has 204 valence electrons. The van der Waals surface area contributed by atoms with Crippen LogP contribution in [0.15, 0.2) is 52.4 Å². The second kappa shape index (κ2) is 10.6. The monoisotopic (exact) mass is 591 g/mol. The third kappa shape index (κ3) is 4.99. The van der Waals surface area contributed by atoms with Crippen molar-refractivity contribution in [3.63, 3.8) is 0 Å². The van der Waals surface area contributed by atoms with E-state index in [1.54, 1.807) is 18.2 Å². The highest BCUT2D eigenvalue weighted by atomic mass is 35.5. The van der Waals surface area contributed by atoms with E-state index < -0.39 is 39.0 Å². The number of amides is 2. The van der Waals surface area contributed by atoms with Crippen molar-refractivity contribution in [2.45, 2.75) is 30.3 Å². The predicted molar refractivity (Wildman–Crippen MR) is 142 cm³/mol. The predicted octanol–water partition coefficient (Wildman–Crippen LogP) is 2.56. The molecule has 1 N–H and O–H groups in total. The van der Waals surface area contributed by atoms with Gasteiger partial charge < -0.3 is 19.5 Å². The van der Waals surface area contributed by atoms with Crippen LogP contribution in [0.5, 0.6) is 5.75 Å². The minimum atomic E-state index is -3.72. The molecular weight excluding hydrogens is 569 g/mol. The van der Waals surface area contributed by atoms with Crippen molar-refractivity contribution in [2.24, 2.45) is 0 Å². The summed E-state index contributed by atoms with van der Waals surface area (Å²) in [5.74, 6) is -2.16. The zero-order valence-corrected chi connectivity index (χ0v) is 22.8. The van der Waals surface area contributed by atoms with Crippen LogP contribution in [0.2, 0.25) is 10.0 Å². The zero-order chi connectivity index (χ0) is 27.9. The minimum absolute atomic E-state index is 0.0324. The highest BCUT2D eigenvalue weighted by Crippen LogP contribution is 2.36. The van der Waals surface area contributed by atoms with Crippen LogP contribution in [-0.2, 0) is 16.4 Å². The number of nitrogens with zero attached hydrogens (tertiary/aromatic N) is 5. The molecule has 39 heavy (non-hydrogen) atoms. The van der Waals surface area contributed by atoms with E-state index in [-0.39, 0.29) is 57.4 Å². The fraction of sp³-hybridized carbons (Fsp3) is 0.320. The van der Waals surface area contributed by atoms with E-state index in [4.69, 9.17) is 23.2 Å². The molecule has 4 heterocycles. The van der Waals surface area contributed by atoms with E-state index in [1.165, 1.54) is 38.9 Å². The van der Waals surface area contributed by atoms with Gasteiger partial charge in [-0.1, -0.05) is 29.3 Å². The molecule has 11 nitrogen and oxygen atoms in total. The molecule has 0 radical (unpaired) electrons. The topological polar surface area (TPSA) is 143 Å². The Hall–Kier alpha value is -3.48. The Balaban J connectivity index is 1.45. The zero-order valence-electron chi connectivity index (χ0n) is 20.5. The first-order valence-corrected chi connectivity index (χ1v) is 14.5. The Labute approximate surface area is 233 Å². The summed E-state index contributed by atoms with van der Waals surface area (Å²) in [6.45, 7) is 0.446. The van der Waals surface area contributed by atoms with Crippen LogP contribution in [0, 0.1) is 0 Å². The molecule has 1 aromatic carbocycles. The van der Waals surface area contributed by atoms with Crippen LogP contribution < -0.4 is 5.56 Å². The number of hydrogen-bond acceptors (Lipinski definition) is 8. The summed E-state index contributed by atoms with van der Waals surface area (Å²) in [4.78, 5) is 50.2. The summed E-state index contributed by atoms with van der Waals surface area (Å²) in [5, 5.41) is 10.9. The van der Waals surface area contributed by atoms with Crippen molar-refractivity contribution in [1.82, 2.24) is 24.3 Å². The van der Waals surface area contributed by atoms with Crippen LogP contribution in [-0.4, -0.2) is 75.1 Å².